The van der Waals surface area contributed by atoms with Crippen LogP contribution in [0.5, 0.6) is 0 Å². The lowest BCUT2D eigenvalue weighted by atomic mass is 9.89. The molecule has 1 aromatic rings. The molecule has 0 aliphatic heterocycles. The second-order valence-corrected chi connectivity index (χ2v) is 8.02. The van der Waals surface area contributed by atoms with E-state index in [4.69, 9.17) is 0 Å². The molecule has 8 nitrogen and oxygen atoms in total. The molecule has 0 spiro atoms. The Labute approximate surface area is 159 Å². The molecule has 1 rings (SSSR count). The summed E-state index contributed by atoms with van der Waals surface area (Å²) in [5.74, 6) is -0.149. The van der Waals surface area contributed by atoms with Crippen LogP contribution in [0.2, 0.25) is 0 Å². The van der Waals surface area contributed by atoms with Crippen LogP contribution in [0.3, 0.4) is 0 Å². The number of nitro groups is 1. The van der Waals surface area contributed by atoms with Crippen molar-refractivity contribution in [3.8, 4) is 0 Å². The van der Waals surface area contributed by atoms with E-state index >= 15 is 0 Å². The summed E-state index contributed by atoms with van der Waals surface area (Å²) in [6.07, 6.45) is 3.58. The standard InChI is InChI=1S/C19H32N2O6/c1-13(7-8-15(22)18(2,3)24)6-5-9-19(4,25)16(23)10-14-11-17(20-12-14)21(26)27/h6,11-12,15-16,20,22-25H,5,7-10H2,1-4H3/b13-6+/t15-,16+,19-/m0/s1. The third-order valence-electron chi connectivity index (χ3n) is 4.84. The second kappa shape index (κ2) is 9.45. The number of aromatic amines is 1. The van der Waals surface area contributed by atoms with Crippen molar-refractivity contribution in [2.75, 3.05) is 0 Å². The van der Waals surface area contributed by atoms with E-state index in [2.05, 4.69) is 4.98 Å². The molecule has 5 N–H and O–H groups in total. The first-order valence-corrected chi connectivity index (χ1v) is 9.11. The first-order chi connectivity index (χ1) is 12.3. The molecule has 0 aromatic carbocycles. The first kappa shape index (κ1) is 23.3. The maximum Gasteiger partial charge on any atom is 0.321 e. The van der Waals surface area contributed by atoms with Crippen LogP contribution in [-0.2, 0) is 6.42 Å². The van der Waals surface area contributed by atoms with E-state index in [1.54, 1.807) is 20.8 Å². The predicted molar refractivity (Wildman–Crippen MR) is 102 cm³/mol. The minimum Gasteiger partial charge on any atom is -0.390 e. The minimum absolute atomic E-state index is 0.109. The highest BCUT2D eigenvalue weighted by Gasteiger charge is 2.30. The van der Waals surface area contributed by atoms with Crippen LogP contribution in [-0.4, -0.2) is 53.7 Å². The van der Waals surface area contributed by atoms with Gasteiger partial charge in [-0.1, -0.05) is 11.6 Å². The number of nitrogens with zero attached hydrogens (tertiary/aromatic N) is 1. The van der Waals surface area contributed by atoms with Gasteiger partial charge < -0.3 is 30.5 Å². The van der Waals surface area contributed by atoms with Crippen molar-refractivity contribution in [1.29, 1.82) is 0 Å². The quantitative estimate of drug-likeness (QED) is 0.225. The average molecular weight is 384 g/mol. The van der Waals surface area contributed by atoms with Gasteiger partial charge in [-0.15, -0.1) is 0 Å². The predicted octanol–water partition coefficient (Wildman–Crippen LogP) is 2.22. The van der Waals surface area contributed by atoms with Gasteiger partial charge in [0, 0.05) is 18.1 Å². The Morgan fingerprint density at radius 1 is 1.30 bits per heavy atom. The molecule has 0 saturated carbocycles. The van der Waals surface area contributed by atoms with E-state index in [1.165, 1.54) is 12.3 Å². The zero-order valence-electron chi connectivity index (χ0n) is 16.5. The molecule has 0 unspecified atom stereocenters. The normalized spacial score (nSPS) is 17.4. The molecule has 0 aliphatic rings. The van der Waals surface area contributed by atoms with Gasteiger partial charge in [0.1, 0.15) is 0 Å². The minimum atomic E-state index is -1.34. The highest BCUT2D eigenvalue weighted by atomic mass is 16.6. The lowest BCUT2D eigenvalue weighted by molar-refractivity contribution is -0.389. The van der Waals surface area contributed by atoms with Gasteiger partial charge in [-0.2, -0.15) is 0 Å². The summed E-state index contributed by atoms with van der Waals surface area (Å²) in [5.41, 5.74) is -0.886. The van der Waals surface area contributed by atoms with Crippen LogP contribution in [0.15, 0.2) is 23.9 Å². The number of hydrogen-bond acceptors (Lipinski definition) is 6. The van der Waals surface area contributed by atoms with E-state index < -0.39 is 28.3 Å². The van der Waals surface area contributed by atoms with Gasteiger partial charge in [-0.3, -0.25) is 0 Å². The Hall–Kier alpha value is -1.74. The highest BCUT2D eigenvalue weighted by molar-refractivity contribution is 5.27. The van der Waals surface area contributed by atoms with Gasteiger partial charge in [0.15, 0.2) is 0 Å². The summed E-state index contributed by atoms with van der Waals surface area (Å²) in [5, 5.41) is 51.0. The SMILES string of the molecule is C/C(=C\CC[C@](C)(O)[C@H](O)Cc1c[nH]c([N+](=O)[O-])c1)CC[C@H](O)C(C)(C)O. The van der Waals surface area contributed by atoms with Crippen molar-refractivity contribution in [3.05, 3.63) is 39.6 Å². The van der Waals surface area contributed by atoms with Crippen molar-refractivity contribution >= 4 is 5.82 Å². The number of allylic oxidation sites excluding steroid dienone is 2. The average Bonchev–Trinajstić information content (AvgIpc) is 3.00. The Bertz CT molecular complexity index is 645. The van der Waals surface area contributed by atoms with Gasteiger partial charge in [0.05, 0.1) is 29.6 Å². The Morgan fingerprint density at radius 2 is 1.93 bits per heavy atom. The number of aliphatic hydroxyl groups is 4. The fraction of sp³-hybridized carbons (Fsp3) is 0.684. The smallest absolute Gasteiger partial charge is 0.321 e. The molecule has 1 aromatic heterocycles. The molecule has 0 amide bonds. The third kappa shape index (κ3) is 7.80. The number of rotatable bonds is 11. The zero-order chi connectivity index (χ0) is 20.8. The Balaban J connectivity index is 2.49. The molecule has 0 fully saturated rings. The fourth-order valence-corrected chi connectivity index (χ4v) is 2.69. The number of H-pyrrole nitrogens is 1. The van der Waals surface area contributed by atoms with Crippen LogP contribution in [0.4, 0.5) is 5.82 Å². The molecule has 27 heavy (non-hydrogen) atoms. The monoisotopic (exact) mass is 384 g/mol. The van der Waals surface area contributed by atoms with Crippen molar-refractivity contribution < 1.29 is 25.3 Å². The molecule has 3 atom stereocenters. The van der Waals surface area contributed by atoms with Gasteiger partial charge in [-0.05, 0) is 58.3 Å². The molecular weight excluding hydrogens is 352 g/mol. The number of aromatic nitrogens is 1. The second-order valence-electron chi connectivity index (χ2n) is 8.02. The van der Waals surface area contributed by atoms with E-state index in [0.717, 1.165) is 5.57 Å². The Kier molecular flexibility index (Phi) is 8.16. The van der Waals surface area contributed by atoms with E-state index in [9.17, 15) is 30.5 Å². The molecule has 0 bridgehead atoms. The topological polar surface area (TPSA) is 140 Å². The lowest BCUT2D eigenvalue weighted by Gasteiger charge is -2.28. The van der Waals surface area contributed by atoms with Gasteiger partial charge in [-0.25, -0.2) is 4.98 Å². The molecule has 1 heterocycles. The summed E-state index contributed by atoms with van der Waals surface area (Å²) in [6.45, 7) is 6.59. The van der Waals surface area contributed by atoms with Crippen LogP contribution in [0.25, 0.3) is 0 Å². The molecule has 8 heteroatoms. The number of aliphatic hydroxyl groups excluding tert-OH is 2. The van der Waals surface area contributed by atoms with E-state index in [0.29, 0.717) is 31.2 Å². The maximum atomic E-state index is 10.7. The van der Waals surface area contributed by atoms with Gasteiger partial charge >= 0.3 is 5.82 Å². The molecular formula is C19H32N2O6. The first-order valence-electron chi connectivity index (χ1n) is 9.11. The van der Waals surface area contributed by atoms with Crippen molar-refractivity contribution in [2.24, 2.45) is 0 Å². The lowest BCUT2D eigenvalue weighted by Crippen LogP contribution is -2.40. The maximum absolute atomic E-state index is 10.7. The summed E-state index contributed by atoms with van der Waals surface area (Å²) >= 11 is 0. The Morgan fingerprint density at radius 3 is 2.44 bits per heavy atom. The largest absolute Gasteiger partial charge is 0.390 e. The van der Waals surface area contributed by atoms with Crippen molar-refractivity contribution in [3.63, 3.8) is 0 Å². The summed E-state index contributed by atoms with van der Waals surface area (Å²) in [4.78, 5) is 12.6. The van der Waals surface area contributed by atoms with Crippen LogP contribution in [0.1, 0.15) is 58.9 Å². The third-order valence-corrected chi connectivity index (χ3v) is 4.84. The summed E-state index contributed by atoms with van der Waals surface area (Å²) in [7, 11) is 0. The van der Waals surface area contributed by atoms with Crippen LogP contribution in [0, 0.1) is 10.1 Å². The fourth-order valence-electron chi connectivity index (χ4n) is 2.69. The summed E-state index contributed by atoms with van der Waals surface area (Å²) in [6, 6.07) is 1.34. The molecule has 154 valence electrons. The zero-order valence-corrected chi connectivity index (χ0v) is 16.5. The van der Waals surface area contributed by atoms with Crippen molar-refractivity contribution in [1.82, 2.24) is 4.98 Å². The van der Waals surface area contributed by atoms with Gasteiger partial charge in [0.25, 0.3) is 0 Å². The molecule has 0 saturated heterocycles. The van der Waals surface area contributed by atoms with E-state index in [1.807, 2.05) is 13.0 Å². The molecule has 0 aliphatic carbocycles. The van der Waals surface area contributed by atoms with Crippen molar-refractivity contribution in [2.45, 2.75) is 83.2 Å². The van der Waals surface area contributed by atoms with Crippen LogP contribution < -0.4 is 0 Å². The van der Waals surface area contributed by atoms with E-state index in [-0.39, 0.29) is 12.2 Å². The highest BCUT2D eigenvalue weighted by Crippen LogP contribution is 2.23. The number of hydrogen-bond donors (Lipinski definition) is 5. The van der Waals surface area contributed by atoms with Crippen LogP contribution >= 0.6 is 0 Å². The van der Waals surface area contributed by atoms with Gasteiger partial charge in [0.2, 0.25) is 0 Å². The summed E-state index contributed by atoms with van der Waals surface area (Å²) < 4.78 is 0. The molecule has 0 radical (unpaired) electrons. The number of nitrogens with one attached hydrogen (secondary N) is 1.